The van der Waals surface area contributed by atoms with E-state index in [9.17, 15) is 0 Å². The first-order valence-corrected chi connectivity index (χ1v) is 7.45. The zero-order valence-corrected chi connectivity index (χ0v) is 11.5. The molecule has 20 heavy (non-hydrogen) atoms. The van der Waals surface area contributed by atoms with Crippen molar-refractivity contribution in [3.63, 3.8) is 0 Å². The van der Waals surface area contributed by atoms with Gasteiger partial charge in [-0.05, 0) is 42.2 Å². The summed E-state index contributed by atoms with van der Waals surface area (Å²) in [7, 11) is 0. The Morgan fingerprint density at radius 1 is 0.850 bits per heavy atom. The van der Waals surface area contributed by atoms with E-state index in [2.05, 4.69) is 52.3 Å². The smallest absolute Gasteiger partial charge is 0.0729 e. The van der Waals surface area contributed by atoms with Crippen LogP contribution in [0.25, 0.3) is 21.7 Å². The molecule has 0 spiro atoms. The third-order valence-electron chi connectivity index (χ3n) is 4.31. The van der Waals surface area contributed by atoms with Crippen molar-refractivity contribution in [2.45, 2.75) is 19.3 Å². The summed E-state index contributed by atoms with van der Waals surface area (Å²) in [6, 6.07) is 15.1. The molecule has 1 aliphatic heterocycles. The third kappa shape index (κ3) is 1.83. The van der Waals surface area contributed by atoms with E-state index in [-0.39, 0.29) is 0 Å². The van der Waals surface area contributed by atoms with Crippen LogP contribution in [-0.4, -0.2) is 18.1 Å². The normalized spacial score (nSPS) is 15.9. The second-order valence-electron chi connectivity index (χ2n) is 5.56. The first kappa shape index (κ1) is 11.7. The van der Waals surface area contributed by atoms with Crippen LogP contribution in [0, 0.1) is 0 Å². The Hall–Kier alpha value is -2.09. The summed E-state index contributed by atoms with van der Waals surface area (Å²) in [4.78, 5) is 7.09. The number of aromatic nitrogens is 1. The molecule has 0 N–H and O–H groups in total. The van der Waals surface area contributed by atoms with Gasteiger partial charge in [0.05, 0.1) is 5.52 Å². The maximum Gasteiger partial charge on any atom is 0.0729 e. The van der Waals surface area contributed by atoms with Crippen molar-refractivity contribution in [1.29, 1.82) is 0 Å². The molecular formula is C18H18N2. The molecule has 2 nitrogen and oxygen atoms in total. The van der Waals surface area contributed by atoms with Gasteiger partial charge in [0.2, 0.25) is 0 Å². The Morgan fingerprint density at radius 3 is 2.60 bits per heavy atom. The number of anilines is 1. The second-order valence-corrected chi connectivity index (χ2v) is 5.56. The van der Waals surface area contributed by atoms with Gasteiger partial charge in [-0.25, -0.2) is 0 Å². The number of nitrogens with zero attached hydrogens (tertiary/aromatic N) is 2. The summed E-state index contributed by atoms with van der Waals surface area (Å²) < 4.78 is 0. The van der Waals surface area contributed by atoms with Crippen LogP contribution in [-0.2, 0) is 0 Å². The van der Waals surface area contributed by atoms with Crippen LogP contribution in [0.5, 0.6) is 0 Å². The van der Waals surface area contributed by atoms with Gasteiger partial charge in [-0.15, -0.1) is 0 Å². The molecule has 2 heteroatoms. The van der Waals surface area contributed by atoms with Gasteiger partial charge in [0.1, 0.15) is 0 Å². The van der Waals surface area contributed by atoms with Gasteiger partial charge in [-0.1, -0.05) is 30.3 Å². The lowest BCUT2D eigenvalue weighted by Crippen LogP contribution is -2.29. The summed E-state index contributed by atoms with van der Waals surface area (Å²) >= 11 is 0. The van der Waals surface area contributed by atoms with E-state index in [4.69, 9.17) is 0 Å². The number of hydrogen-bond donors (Lipinski definition) is 0. The standard InChI is InChI=1S/C18H18N2/c1-4-12-20(13-5-1)17-10-11-19-16-9-8-14-6-2-3-7-15(14)18(16)17/h2-3,6-11H,1,4-5,12-13H2. The topological polar surface area (TPSA) is 16.1 Å². The fourth-order valence-corrected chi connectivity index (χ4v) is 3.31. The van der Waals surface area contributed by atoms with Crippen molar-refractivity contribution in [2.75, 3.05) is 18.0 Å². The van der Waals surface area contributed by atoms with Crippen LogP contribution in [0.3, 0.4) is 0 Å². The zero-order valence-electron chi connectivity index (χ0n) is 11.5. The van der Waals surface area contributed by atoms with Crippen LogP contribution in [0.4, 0.5) is 5.69 Å². The van der Waals surface area contributed by atoms with Crippen molar-refractivity contribution < 1.29 is 0 Å². The van der Waals surface area contributed by atoms with Crippen LogP contribution in [0.15, 0.2) is 48.7 Å². The molecule has 100 valence electrons. The highest BCUT2D eigenvalue weighted by atomic mass is 15.1. The number of fused-ring (bicyclic) bond motifs is 3. The molecular weight excluding hydrogens is 244 g/mol. The quantitative estimate of drug-likeness (QED) is 0.605. The molecule has 0 atom stereocenters. The maximum absolute atomic E-state index is 4.56. The van der Waals surface area contributed by atoms with E-state index in [0.29, 0.717) is 0 Å². The maximum atomic E-state index is 4.56. The number of pyridine rings is 1. The molecule has 4 rings (SSSR count). The monoisotopic (exact) mass is 262 g/mol. The number of benzene rings is 2. The van der Waals surface area contributed by atoms with Crippen molar-refractivity contribution >= 4 is 27.4 Å². The van der Waals surface area contributed by atoms with Crippen molar-refractivity contribution in [3.8, 4) is 0 Å². The molecule has 0 aliphatic carbocycles. The Bertz CT molecular complexity index is 758. The van der Waals surface area contributed by atoms with Crippen LogP contribution >= 0.6 is 0 Å². The zero-order chi connectivity index (χ0) is 13.4. The third-order valence-corrected chi connectivity index (χ3v) is 4.31. The van der Waals surface area contributed by atoms with E-state index >= 15 is 0 Å². The molecule has 0 radical (unpaired) electrons. The van der Waals surface area contributed by atoms with Crippen molar-refractivity contribution in [1.82, 2.24) is 4.98 Å². The predicted octanol–water partition coefficient (Wildman–Crippen LogP) is 4.38. The van der Waals surface area contributed by atoms with E-state index in [1.165, 1.54) is 54.2 Å². The van der Waals surface area contributed by atoms with Gasteiger partial charge in [0.25, 0.3) is 0 Å². The van der Waals surface area contributed by atoms with Gasteiger partial charge in [-0.3, -0.25) is 4.98 Å². The van der Waals surface area contributed by atoms with Crippen molar-refractivity contribution in [2.24, 2.45) is 0 Å². The van der Waals surface area contributed by atoms with E-state index in [1.807, 2.05) is 6.20 Å². The highest BCUT2D eigenvalue weighted by Crippen LogP contribution is 2.33. The molecule has 1 aromatic heterocycles. The predicted molar refractivity (Wildman–Crippen MR) is 85.3 cm³/mol. The second kappa shape index (κ2) is 4.78. The molecule has 1 aliphatic rings. The highest BCUT2D eigenvalue weighted by molar-refractivity contribution is 6.12. The first-order chi connectivity index (χ1) is 9.93. The Kier molecular flexibility index (Phi) is 2.80. The van der Waals surface area contributed by atoms with Gasteiger partial charge >= 0.3 is 0 Å². The summed E-state index contributed by atoms with van der Waals surface area (Å²) in [6.45, 7) is 2.34. The van der Waals surface area contributed by atoms with Crippen LogP contribution in [0.2, 0.25) is 0 Å². The number of rotatable bonds is 1. The molecule has 1 fully saturated rings. The minimum absolute atomic E-state index is 1.10. The molecule has 0 amide bonds. The average molecular weight is 262 g/mol. The Labute approximate surface area is 119 Å². The van der Waals surface area contributed by atoms with E-state index in [0.717, 1.165) is 5.52 Å². The number of piperidine rings is 1. The molecule has 2 heterocycles. The lowest BCUT2D eigenvalue weighted by Gasteiger charge is -2.30. The SMILES string of the molecule is c1ccc2c(c1)ccc1nccc(N3CCCCC3)c12. The van der Waals surface area contributed by atoms with E-state index in [1.54, 1.807) is 0 Å². The average Bonchev–Trinajstić information content (AvgIpc) is 2.55. The summed E-state index contributed by atoms with van der Waals surface area (Å²) in [6.07, 6.45) is 5.91. The van der Waals surface area contributed by atoms with Gasteiger partial charge in [-0.2, -0.15) is 0 Å². The fourth-order valence-electron chi connectivity index (χ4n) is 3.31. The van der Waals surface area contributed by atoms with Gasteiger partial charge < -0.3 is 4.90 Å². The highest BCUT2D eigenvalue weighted by Gasteiger charge is 2.15. The van der Waals surface area contributed by atoms with E-state index < -0.39 is 0 Å². The lowest BCUT2D eigenvalue weighted by molar-refractivity contribution is 0.579. The molecule has 0 saturated carbocycles. The summed E-state index contributed by atoms with van der Waals surface area (Å²) in [5.74, 6) is 0. The molecule has 2 aromatic carbocycles. The van der Waals surface area contributed by atoms with Crippen LogP contribution in [0.1, 0.15) is 19.3 Å². The molecule has 3 aromatic rings. The van der Waals surface area contributed by atoms with Gasteiger partial charge in [0, 0.05) is 30.4 Å². The lowest BCUT2D eigenvalue weighted by atomic mass is 10.0. The van der Waals surface area contributed by atoms with Crippen LogP contribution < -0.4 is 4.90 Å². The van der Waals surface area contributed by atoms with Gasteiger partial charge in [0.15, 0.2) is 0 Å². The Balaban J connectivity index is 2.02. The molecule has 1 saturated heterocycles. The number of hydrogen-bond acceptors (Lipinski definition) is 2. The summed E-state index contributed by atoms with van der Waals surface area (Å²) in [5, 5.41) is 3.93. The first-order valence-electron chi connectivity index (χ1n) is 7.45. The fraction of sp³-hybridized carbons (Fsp3) is 0.278. The molecule has 0 unspecified atom stereocenters. The minimum atomic E-state index is 1.10. The minimum Gasteiger partial charge on any atom is -0.371 e. The van der Waals surface area contributed by atoms with Crippen molar-refractivity contribution in [3.05, 3.63) is 48.7 Å². The summed E-state index contributed by atoms with van der Waals surface area (Å²) in [5.41, 5.74) is 2.46. The molecule has 0 bridgehead atoms. The largest absolute Gasteiger partial charge is 0.371 e. The Morgan fingerprint density at radius 2 is 1.70 bits per heavy atom.